The molecule has 0 N–H and O–H groups in total. The summed E-state index contributed by atoms with van der Waals surface area (Å²) in [7, 11) is 0. The Kier molecular flexibility index (Phi) is 7.21. The number of alkyl halides is 5. The smallest absolute Gasteiger partial charge is 0.318 e. The minimum atomic E-state index is -4.51. The molecule has 156 valence electrons. The van der Waals surface area contributed by atoms with Gasteiger partial charge in [0.2, 0.25) is 0 Å². The highest BCUT2D eigenvalue weighted by Gasteiger charge is 2.78. The zero-order chi connectivity index (χ0) is 20.4. The second-order valence-corrected chi connectivity index (χ2v) is 9.24. The van der Waals surface area contributed by atoms with Gasteiger partial charge in [-0.25, -0.2) is 13.2 Å². The van der Waals surface area contributed by atoms with Crippen molar-refractivity contribution in [2.24, 2.45) is 16.7 Å². The fraction of sp³-hybridized carbons (Fsp3) is 1.00. The van der Waals surface area contributed by atoms with E-state index >= 15 is 13.2 Å². The maximum absolute atomic E-state index is 15.8. The lowest BCUT2D eigenvalue weighted by Gasteiger charge is -2.52. The van der Waals surface area contributed by atoms with Gasteiger partial charge in [0.1, 0.15) is 0 Å². The van der Waals surface area contributed by atoms with E-state index in [0.717, 1.165) is 12.8 Å². The number of hydrogen-bond acceptors (Lipinski definition) is 1. The summed E-state index contributed by atoms with van der Waals surface area (Å²) in [6.45, 7) is 9.29. The van der Waals surface area contributed by atoms with Crippen LogP contribution in [0.1, 0.15) is 86.5 Å². The first kappa shape index (κ1) is 23.6. The molecule has 1 rings (SSSR count). The van der Waals surface area contributed by atoms with Crippen molar-refractivity contribution >= 4 is 0 Å². The van der Waals surface area contributed by atoms with Crippen LogP contribution >= 0.6 is 0 Å². The molecule has 0 aromatic carbocycles. The van der Waals surface area contributed by atoms with Crippen LogP contribution in [-0.4, -0.2) is 24.3 Å². The Labute approximate surface area is 155 Å². The van der Waals surface area contributed by atoms with E-state index < -0.39 is 41.1 Å². The molecule has 0 aromatic rings. The van der Waals surface area contributed by atoms with Crippen molar-refractivity contribution in [2.75, 3.05) is 6.61 Å². The molecule has 26 heavy (non-hydrogen) atoms. The monoisotopic (exact) mass is 386 g/mol. The van der Waals surface area contributed by atoms with Crippen molar-refractivity contribution in [2.45, 2.75) is 104 Å². The predicted molar refractivity (Wildman–Crippen MR) is 94.4 cm³/mol. The highest BCUT2D eigenvalue weighted by atomic mass is 19.3. The molecule has 0 bridgehead atoms. The highest BCUT2D eigenvalue weighted by molar-refractivity contribution is 5.11. The van der Waals surface area contributed by atoms with E-state index in [9.17, 15) is 8.78 Å². The predicted octanol–water partition coefficient (Wildman–Crippen LogP) is 7.39. The molecular formula is C20H35F5O. The summed E-state index contributed by atoms with van der Waals surface area (Å²) in [4.78, 5) is 0. The molecule has 6 heteroatoms. The minimum Gasteiger partial charge on any atom is -0.318 e. The van der Waals surface area contributed by atoms with Crippen molar-refractivity contribution in [3.05, 3.63) is 0 Å². The molecule has 0 aliphatic carbocycles. The van der Waals surface area contributed by atoms with Crippen LogP contribution in [0.3, 0.4) is 0 Å². The van der Waals surface area contributed by atoms with Crippen molar-refractivity contribution in [3.8, 4) is 0 Å². The van der Waals surface area contributed by atoms with E-state index in [2.05, 4.69) is 4.74 Å². The Morgan fingerprint density at radius 1 is 0.962 bits per heavy atom. The van der Waals surface area contributed by atoms with Gasteiger partial charge >= 0.3 is 6.11 Å². The van der Waals surface area contributed by atoms with Gasteiger partial charge in [0.05, 0.1) is 6.61 Å². The van der Waals surface area contributed by atoms with E-state index in [-0.39, 0.29) is 19.3 Å². The third-order valence-corrected chi connectivity index (χ3v) is 5.92. The molecule has 2 unspecified atom stereocenters. The van der Waals surface area contributed by atoms with Crippen LogP contribution in [0, 0.1) is 16.7 Å². The molecule has 0 aromatic heterocycles. The van der Waals surface area contributed by atoms with E-state index in [1.165, 1.54) is 13.8 Å². The number of hydrogen-bond donors (Lipinski definition) is 0. The third kappa shape index (κ3) is 4.20. The molecule has 1 aliphatic heterocycles. The molecule has 0 spiro atoms. The zero-order valence-electron chi connectivity index (χ0n) is 17.0. The summed E-state index contributed by atoms with van der Waals surface area (Å²) in [5.74, 6) is -5.67. The lowest BCUT2D eigenvalue weighted by atomic mass is 9.63. The Bertz CT molecular complexity index is 461. The molecule has 0 saturated carbocycles. The average molecular weight is 386 g/mol. The summed E-state index contributed by atoms with van der Waals surface area (Å²) in [6.07, 6.45) is -1.89. The number of ether oxygens (including phenoxy) is 1. The van der Waals surface area contributed by atoms with Gasteiger partial charge in [0, 0.05) is 11.3 Å². The van der Waals surface area contributed by atoms with Gasteiger partial charge in [-0.05, 0) is 31.1 Å². The highest BCUT2D eigenvalue weighted by Crippen LogP contribution is 2.61. The Balaban J connectivity index is 3.32. The summed E-state index contributed by atoms with van der Waals surface area (Å²) in [5.41, 5.74) is -6.40. The Morgan fingerprint density at radius 2 is 1.54 bits per heavy atom. The summed E-state index contributed by atoms with van der Waals surface area (Å²) in [5, 5.41) is 0. The zero-order valence-corrected chi connectivity index (χ0v) is 17.0. The second-order valence-electron chi connectivity index (χ2n) is 9.24. The van der Waals surface area contributed by atoms with Gasteiger partial charge in [-0.15, -0.1) is 0 Å². The largest absolute Gasteiger partial charge is 0.396 e. The fourth-order valence-electron chi connectivity index (χ4n) is 4.25. The molecule has 1 heterocycles. The molecular weight excluding hydrogens is 351 g/mol. The molecule has 2 atom stereocenters. The molecule has 1 nitrogen and oxygen atoms in total. The SMILES string of the molecule is CCCCC(C)(C)CC1CCOC(F)(F)C1(F)C(F)(F)C(C)(C)CCC. The lowest BCUT2D eigenvalue weighted by Crippen LogP contribution is -2.69. The standard InChI is InChI=1S/C20H35F5O/c1-7-9-12-16(3,4)14-15-10-13-26-20(24,25)18(15,21)19(22,23)17(5,6)11-8-2/h15H,7-14H2,1-6H3. The molecule has 0 amide bonds. The van der Waals surface area contributed by atoms with Crippen LogP contribution in [-0.2, 0) is 4.74 Å². The van der Waals surface area contributed by atoms with Crippen LogP contribution in [0.5, 0.6) is 0 Å². The van der Waals surface area contributed by atoms with Crippen LogP contribution < -0.4 is 0 Å². The van der Waals surface area contributed by atoms with Crippen molar-refractivity contribution in [1.29, 1.82) is 0 Å². The lowest BCUT2D eigenvalue weighted by molar-refractivity contribution is -0.407. The second kappa shape index (κ2) is 7.92. The van der Waals surface area contributed by atoms with Crippen molar-refractivity contribution in [3.63, 3.8) is 0 Å². The maximum atomic E-state index is 15.8. The maximum Gasteiger partial charge on any atom is 0.396 e. The van der Waals surface area contributed by atoms with Crippen molar-refractivity contribution in [1.82, 2.24) is 0 Å². The first-order valence-corrected chi connectivity index (χ1v) is 9.77. The van der Waals surface area contributed by atoms with Crippen LogP contribution in [0.25, 0.3) is 0 Å². The van der Waals surface area contributed by atoms with Gasteiger partial charge in [-0.1, -0.05) is 60.8 Å². The quantitative estimate of drug-likeness (QED) is 0.375. The summed E-state index contributed by atoms with van der Waals surface area (Å²) < 4.78 is 79.7. The molecule has 1 saturated heterocycles. The molecule has 0 radical (unpaired) electrons. The van der Waals surface area contributed by atoms with E-state index in [0.29, 0.717) is 12.8 Å². The van der Waals surface area contributed by atoms with Crippen molar-refractivity contribution < 1.29 is 26.7 Å². The van der Waals surface area contributed by atoms with Gasteiger partial charge in [0.15, 0.2) is 0 Å². The van der Waals surface area contributed by atoms with E-state index in [1.807, 2.05) is 20.8 Å². The van der Waals surface area contributed by atoms with Gasteiger partial charge in [-0.2, -0.15) is 8.78 Å². The average Bonchev–Trinajstić information content (AvgIpc) is 2.49. The summed E-state index contributed by atoms with van der Waals surface area (Å²) in [6, 6.07) is 0. The first-order chi connectivity index (χ1) is 11.7. The van der Waals surface area contributed by atoms with E-state index in [4.69, 9.17) is 0 Å². The third-order valence-electron chi connectivity index (χ3n) is 5.92. The number of rotatable bonds is 9. The van der Waals surface area contributed by atoms with Crippen LogP contribution in [0.2, 0.25) is 0 Å². The molecule has 1 fully saturated rings. The Hall–Kier alpha value is -0.390. The van der Waals surface area contributed by atoms with Crippen LogP contribution in [0.15, 0.2) is 0 Å². The fourth-order valence-corrected chi connectivity index (χ4v) is 4.25. The summed E-state index contributed by atoms with van der Waals surface area (Å²) >= 11 is 0. The van der Waals surface area contributed by atoms with Gasteiger partial charge < -0.3 is 4.74 Å². The molecule has 1 aliphatic rings. The number of halogens is 5. The normalized spacial score (nSPS) is 27.6. The Morgan fingerprint density at radius 3 is 2.04 bits per heavy atom. The first-order valence-electron chi connectivity index (χ1n) is 9.77. The van der Waals surface area contributed by atoms with Crippen LogP contribution in [0.4, 0.5) is 22.0 Å². The minimum absolute atomic E-state index is 0.0136. The topological polar surface area (TPSA) is 9.23 Å². The van der Waals surface area contributed by atoms with Gasteiger partial charge in [0.25, 0.3) is 11.6 Å². The van der Waals surface area contributed by atoms with E-state index in [1.54, 1.807) is 6.92 Å². The van der Waals surface area contributed by atoms with Gasteiger partial charge in [-0.3, -0.25) is 0 Å². The number of unbranched alkanes of at least 4 members (excludes halogenated alkanes) is 1.